The van der Waals surface area contributed by atoms with Crippen molar-refractivity contribution in [3.05, 3.63) is 12.2 Å². The van der Waals surface area contributed by atoms with Crippen LogP contribution < -0.4 is 0 Å². The van der Waals surface area contributed by atoms with E-state index in [-0.39, 0.29) is 24.3 Å². The van der Waals surface area contributed by atoms with Crippen LogP contribution in [-0.4, -0.2) is 34.3 Å². The van der Waals surface area contributed by atoms with Crippen LogP contribution in [0.3, 0.4) is 0 Å². The Morgan fingerprint density at radius 1 is 1.53 bits per heavy atom. The first-order chi connectivity index (χ1) is 6.96. The van der Waals surface area contributed by atoms with Gasteiger partial charge in [-0.3, -0.25) is 14.6 Å². The third-order valence-corrected chi connectivity index (χ3v) is 2.09. The third kappa shape index (κ3) is 2.59. The lowest BCUT2D eigenvalue weighted by Gasteiger charge is -2.20. The number of allylic oxidation sites excluding steroid dienone is 1. The van der Waals surface area contributed by atoms with Gasteiger partial charge in [-0.15, -0.1) is 0 Å². The number of aliphatic carboxylic acids is 1. The summed E-state index contributed by atoms with van der Waals surface area (Å²) in [4.78, 5) is 26.3. The number of rotatable bonds is 5. The summed E-state index contributed by atoms with van der Waals surface area (Å²) < 4.78 is 0. The Morgan fingerprint density at radius 3 is 2.60 bits per heavy atom. The minimum Gasteiger partial charge on any atom is -0.481 e. The summed E-state index contributed by atoms with van der Waals surface area (Å²) in [5.41, 5.74) is -1.08. The second-order valence-electron chi connectivity index (χ2n) is 3.51. The molecule has 1 heterocycles. The summed E-state index contributed by atoms with van der Waals surface area (Å²) in [6, 6.07) is 0. The number of carbonyl (C=O) groups is 2. The lowest BCUT2D eigenvalue weighted by Crippen LogP contribution is -2.36. The topological polar surface area (TPSA) is 90.6 Å². The van der Waals surface area contributed by atoms with Gasteiger partial charge in [-0.1, -0.05) is 0 Å². The van der Waals surface area contributed by atoms with E-state index in [0.717, 1.165) is 0 Å². The Kier molecular flexibility index (Phi) is 3.14. The maximum absolute atomic E-state index is 11.7. The molecule has 0 radical (unpaired) electrons. The van der Waals surface area contributed by atoms with Crippen molar-refractivity contribution < 1.29 is 14.7 Å². The molecule has 0 saturated carbocycles. The predicted octanol–water partition coefficient (Wildman–Crippen LogP) is 0.839. The summed E-state index contributed by atoms with van der Waals surface area (Å²) in [6.45, 7) is 1.51. The molecule has 1 rings (SSSR count). The molecule has 1 aliphatic rings. The highest BCUT2D eigenvalue weighted by Crippen LogP contribution is 2.24. The van der Waals surface area contributed by atoms with Gasteiger partial charge >= 0.3 is 5.97 Å². The SMILES string of the molecule is CC(=N)CC(=O)C1(CC(=O)O)C=CC=N1. The molecule has 0 bridgehead atoms. The normalized spacial score (nSPS) is 23.0. The first-order valence-corrected chi connectivity index (χ1v) is 4.48. The number of ketones is 1. The van der Waals surface area contributed by atoms with Crippen LogP contribution >= 0.6 is 0 Å². The van der Waals surface area contributed by atoms with Crippen molar-refractivity contribution in [2.75, 3.05) is 0 Å². The lowest BCUT2D eigenvalue weighted by atomic mass is 9.88. The number of carboxylic acid groups (broad SMARTS) is 1. The van der Waals surface area contributed by atoms with E-state index in [1.165, 1.54) is 19.2 Å². The quantitative estimate of drug-likeness (QED) is 0.656. The summed E-state index contributed by atoms with van der Waals surface area (Å²) >= 11 is 0. The summed E-state index contributed by atoms with van der Waals surface area (Å²) in [6.07, 6.45) is 4.04. The van der Waals surface area contributed by atoms with Crippen molar-refractivity contribution in [2.45, 2.75) is 25.3 Å². The van der Waals surface area contributed by atoms with Gasteiger partial charge in [0.05, 0.1) is 6.42 Å². The van der Waals surface area contributed by atoms with Crippen molar-refractivity contribution in [1.29, 1.82) is 5.41 Å². The largest absolute Gasteiger partial charge is 0.481 e. The van der Waals surface area contributed by atoms with Crippen molar-refractivity contribution >= 4 is 23.7 Å². The van der Waals surface area contributed by atoms with Crippen molar-refractivity contribution in [2.24, 2.45) is 4.99 Å². The van der Waals surface area contributed by atoms with Gasteiger partial charge in [-0.05, 0) is 19.1 Å². The third-order valence-electron chi connectivity index (χ3n) is 2.09. The maximum Gasteiger partial charge on any atom is 0.306 e. The van der Waals surface area contributed by atoms with E-state index >= 15 is 0 Å². The molecule has 1 aliphatic heterocycles. The molecule has 0 aromatic carbocycles. The minimum absolute atomic E-state index is 0.0606. The molecular weight excluding hydrogens is 196 g/mol. The molecule has 0 aliphatic carbocycles. The van der Waals surface area contributed by atoms with Crippen molar-refractivity contribution in [1.82, 2.24) is 0 Å². The van der Waals surface area contributed by atoms with E-state index in [2.05, 4.69) is 4.99 Å². The average Bonchev–Trinajstić information content (AvgIpc) is 2.51. The van der Waals surface area contributed by atoms with Gasteiger partial charge in [0.2, 0.25) is 0 Å². The first kappa shape index (κ1) is 11.3. The van der Waals surface area contributed by atoms with E-state index in [0.29, 0.717) is 0 Å². The monoisotopic (exact) mass is 208 g/mol. The summed E-state index contributed by atoms with van der Waals surface area (Å²) in [7, 11) is 0. The van der Waals surface area contributed by atoms with Gasteiger partial charge in [-0.2, -0.15) is 0 Å². The Labute approximate surface area is 87.0 Å². The molecule has 0 saturated heterocycles. The molecular formula is C10H12N2O3. The number of nitrogens with zero attached hydrogens (tertiary/aromatic N) is 1. The predicted molar refractivity (Wildman–Crippen MR) is 55.6 cm³/mol. The fourth-order valence-corrected chi connectivity index (χ4v) is 1.41. The second kappa shape index (κ2) is 4.16. The number of Topliss-reactive ketones (excluding diaryl/α,β-unsaturated/α-hetero) is 1. The van der Waals surface area contributed by atoms with Crippen LogP contribution in [0.15, 0.2) is 17.1 Å². The Morgan fingerprint density at radius 2 is 2.20 bits per heavy atom. The smallest absolute Gasteiger partial charge is 0.306 e. The Hall–Kier alpha value is -1.78. The van der Waals surface area contributed by atoms with E-state index in [1.54, 1.807) is 6.08 Å². The molecule has 5 nitrogen and oxygen atoms in total. The highest BCUT2D eigenvalue weighted by molar-refractivity contribution is 6.08. The molecule has 2 N–H and O–H groups in total. The second-order valence-corrected chi connectivity index (χ2v) is 3.51. The summed E-state index contributed by atoms with van der Waals surface area (Å²) in [5, 5.41) is 15.9. The van der Waals surface area contributed by atoms with Crippen LogP contribution in [0.2, 0.25) is 0 Å². The molecule has 0 aromatic heterocycles. The van der Waals surface area contributed by atoms with Crippen LogP contribution in [-0.2, 0) is 9.59 Å². The number of hydrogen-bond donors (Lipinski definition) is 2. The standard InChI is InChI=1S/C10H12N2O3/c1-7(11)5-8(13)10(6-9(14)15)3-2-4-12-10/h2-4,11H,5-6H2,1H3,(H,14,15). The van der Waals surface area contributed by atoms with Crippen LogP contribution in [0.5, 0.6) is 0 Å². The number of nitrogens with one attached hydrogen (secondary N) is 1. The highest BCUT2D eigenvalue weighted by atomic mass is 16.4. The van der Waals surface area contributed by atoms with Gasteiger partial charge in [0.1, 0.15) is 5.54 Å². The molecule has 5 heteroatoms. The van der Waals surface area contributed by atoms with Gasteiger partial charge in [0, 0.05) is 18.3 Å². The van der Waals surface area contributed by atoms with Crippen LogP contribution in [0.4, 0.5) is 0 Å². The van der Waals surface area contributed by atoms with Crippen molar-refractivity contribution in [3.63, 3.8) is 0 Å². The Balaban J connectivity index is 2.87. The molecule has 80 valence electrons. The fraction of sp³-hybridized carbons (Fsp3) is 0.400. The van der Waals surface area contributed by atoms with E-state index in [9.17, 15) is 9.59 Å². The first-order valence-electron chi connectivity index (χ1n) is 4.48. The zero-order chi connectivity index (χ0) is 11.5. The number of aliphatic imine (C=N–C) groups is 1. The van der Waals surface area contributed by atoms with Gasteiger partial charge in [-0.25, -0.2) is 0 Å². The van der Waals surface area contributed by atoms with Crippen LogP contribution in [0.25, 0.3) is 0 Å². The zero-order valence-corrected chi connectivity index (χ0v) is 8.36. The number of hydrogen-bond acceptors (Lipinski definition) is 4. The molecule has 1 unspecified atom stereocenters. The van der Waals surface area contributed by atoms with E-state index < -0.39 is 11.5 Å². The van der Waals surface area contributed by atoms with Crippen LogP contribution in [0.1, 0.15) is 19.8 Å². The number of carboxylic acids is 1. The van der Waals surface area contributed by atoms with Gasteiger partial charge < -0.3 is 10.5 Å². The fourth-order valence-electron chi connectivity index (χ4n) is 1.41. The van der Waals surface area contributed by atoms with E-state index in [4.69, 9.17) is 10.5 Å². The van der Waals surface area contributed by atoms with Gasteiger partial charge in [0.15, 0.2) is 5.78 Å². The minimum atomic E-state index is -1.28. The molecule has 1 atom stereocenters. The molecule has 15 heavy (non-hydrogen) atoms. The molecule has 0 amide bonds. The van der Waals surface area contributed by atoms with Crippen molar-refractivity contribution in [3.8, 4) is 0 Å². The zero-order valence-electron chi connectivity index (χ0n) is 8.36. The van der Waals surface area contributed by atoms with Gasteiger partial charge in [0.25, 0.3) is 0 Å². The average molecular weight is 208 g/mol. The maximum atomic E-state index is 11.7. The Bertz CT molecular complexity index is 357. The lowest BCUT2D eigenvalue weighted by molar-refractivity contribution is -0.140. The molecule has 0 fully saturated rings. The van der Waals surface area contributed by atoms with Crippen LogP contribution in [0, 0.1) is 5.41 Å². The number of carbonyl (C=O) groups excluding carboxylic acids is 1. The highest BCUT2D eigenvalue weighted by Gasteiger charge is 2.38. The molecule has 0 spiro atoms. The molecule has 0 aromatic rings. The van der Waals surface area contributed by atoms with E-state index in [1.807, 2.05) is 0 Å². The summed E-state index contributed by atoms with van der Waals surface area (Å²) in [5.74, 6) is -1.42.